The third kappa shape index (κ3) is 4.67. The van der Waals surface area contributed by atoms with Gasteiger partial charge in [0.15, 0.2) is 5.82 Å². The molecular weight excluding hydrogens is 524 g/mol. The second-order valence-corrected chi connectivity index (χ2v) is 10.6. The van der Waals surface area contributed by atoms with Crippen molar-refractivity contribution in [2.45, 2.75) is 0 Å². The maximum absolute atomic E-state index is 6.30. The van der Waals surface area contributed by atoms with Crippen LogP contribution in [0.2, 0.25) is 0 Å². The van der Waals surface area contributed by atoms with Crippen LogP contribution in [0.15, 0.2) is 162 Å². The molecule has 0 radical (unpaired) electrons. The normalized spacial score (nSPS) is 11.3. The van der Waals surface area contributed by atoms with E-state index < -0.39 is 0 Å². The standard InChI is InChI=1S/C40H26N2O/c1-3-10-27(11-4-1)28-18-22-30(23-19-28)36-26-37(42-40(41-36)32-12-5-2-6-13-32)31-24-20-29(21-25-31)33-15-9-16-35-34-14-7-8-17-38(34)43-39(33)35/h1-26H. The van der Waals surface area contributed by atoms with Crippen LogP contribution in [0, 0.1) is 0 Å². The van der Waals surface area contributed by atoms with Gasteiger partial charge in [-0.2, -0.15) is 0 Å². The first kappa shape index (κ1) is 25.0. The van der Waals surface area contributed by atoms with Gasteiger partial charge in [0.25, 0.3) is 0 Å². The van der Waals surface area contributed by atoms with Crippen molar-refractivity contribution in [1.29, 1.82) is 0 Å². The molecule has 0 aliphatic carbocycles. The molecule has 6 aromatic carbocycles. The summed E-state index contributed by atoms with van der Waals surface area (Å²) in [6.45, 7) is 0. The van der Waals surface area contributed by atoms with E-state index in [1.807, 2.05) is 36.4 Å². The first-order chi connectivity index (χ1) is 21.3. The van der Waals surface area contributed by atoms with Gasteiger partial charge < -0.3 is 4.42 Å². The van der Waals surface area contributed by atoms with Gasteiger partial charge in [-0.25, -0.2) is 9.97 Å². The second kappa shape index (κ2) is 10.6. The van der Waals surface area contributed by atoms with Gasteiger partial charge in [-0.15, -0.1) is 0 Å². The number of hydrogen-bond acceptors (Lipinski definition) is 3. The summed E-state index contributed by atoms with van der Waals surface area (Å²) >= 11 is 0. The highest BCUT2D eigenvalue weighted by atomic mass is 16.3. The van der Waals surface area contributed by atoms with E-state index in [1.54, 1.807) is 0 Å². The number of rotatable bonds is 5. The summed E-state index contributed by atoms with van der Waals surface area (Å²) < 4.78 is 6.30. The van der Waals surface area contributed by atoms with E-state index in [0.717, 1.165) is 61.1 Å². The van der Waals surface area contributed by atoms with Crippen LogP contribution in [0.3, 0.4) is 0 Å². The molecule has 0 saturated heterocycles. The van der Waals surface area contributed by atoms with E-state index in [1.165, 1.54) is 11.1 Å². The predicted octanol–water partition coefficient (Wildman–Crippen LogP) is 10.7. The molecule has 8 aromatic rings. The zero-order valence-electron chi connectivity index (χ0n) is 23.3. The van der Waals surface area contributed by atoms with E-state index in [0.29, 0.717) is 5.82 Å². The van der Waals surface area contributed by atoms with Crippen molar-refractivity contribution in [3.05, 3.63) is 158 Å². The van der Waals surface area contributed by atoms with Gasteiger partial charge in [0.2, 0.25) is 0 Å². The van der Waals surface area contributed by atoms with Gasteiger partial charge in [-0.3, -0.25) is 0 Å². The minimum Gasteiger partial charge on any atom is -0.455 e. The van der Waals surface area contributed by atoms with Gasteiger partial charge in [-0.1, -0.05) is 146 Å². The maximum atomic E-state index is 6.30. The zero-order chi connectivity index (χ0) is 28.6. The Kier molecular flexibility index (Phi) is 6.12. The summed E-state index contributed by atoms with van der Waals surface area (Å²) in [5.74, 6) is 0.705. The number of furan rings is 1. The quantitative estimate of drug-likeness (QED) is 0.214. The van der Waals surface area contributed by atoms with Gasteiger partial charge in [0.1, 0.15) is 11.2 Å². The molecule has 202 valence electrons. The molecule has 43 heavy (non-hydrogen) atoms. The van der Waals surface area contributed by atoms with Crippen molar-refractivity contribution in [3.8, 4) is 56.2 Å². The third-order valence-electron chi connectivity index (χ3n) is 7.94. The Balaban J connectivity index is 1.20. The lowest BCUT2D eigenvalue weighted by Crippen LogP contribution is -1.96. The molecule has 3 heteroatoms. The second-order valence-electron chi connectivity index (χ2n) is 10.6. The smallest absolute Gasteiger partial charge is 0.160 e. The fourth-order valence-corrected chi connectivity index (χ4v) is 5.72. The molecule has 0 fully saturated rings. The Labute approximate surface area is 249 Å². The van der Waals surface area contributed by atoms with Gasteiger partial charge in [0.05, 0.1) is 11.4 Å². The van der Waals surface area contributed by atoms with Gasteiger partial charge in [-0.05, 0) is 28.8 Å². The lowest BCUT2D eigenvalue weighted by molar-refractivity contribution is 0.670. The van der Waals surface area contributed by atoms with E-state index >= 15 is 0 Å². The van der Waals surface area contributed by atoms with Crippen LogP contribution in [-0.4, -0.2) is 9.97 Å². The minimum absolute atomic E-state index is 0.705. The summed E-state index contributed by atoms with van der Waals surface area (Å²) in [5, 5.41) is 2.26. The lowest BCUT2D eigenvalue weighted by Gasteiger charge is -2.11. The summed E-state index contributed by atoms with van der Waals surface area (Å²) in [4.78, 5) is 10.0. The fourth-order valence-electron chi connectivity index (χ4n) is 5.72. The van der Waals surface area contributed by atoms with Crippen LogP contribution in [0.4, 0.5) is 0 Å². The van der Waals surface area contributed by atoms with E-state index in [-0.39, 0.29) is 0 Å². The van der Waals surface area contributed by atoms with Crippen LogP contribution in [-0.2, 0) is 0 Å². The number of benzene rings is 6. The monoisotopic (exact) mass is 550 g/mol. The first-order valence-corrected chi connectivity index (χ1v) is 14.4. The third-order valence-corrected chi connectivity index (χ3v) is 7.94. The fraction of sp³-hybridized carbons (Fsp3) is 0. The minimum atomic E-state index is 0.705. The summed E-state index contributed by atoms with van der Waals surface area (Å²) in [6.07, 6.45) is 0. The number of nitrogens with zero attached hydrogens (tertiary/aromatic N) is 2. The van der Waals surface area contributed by atoms with Crippen LogP contribution in [0.1, 0.15) is 0 Å². The summed E-state index contributed by atoms with van der Waals surface area (Å²) in [5.41, 5.74) is 11.2. The van der Waals surface area contributed by atoms with E-state index in [2.05, 4.69) is 121 Å². The van der Waals surface area contributed by atoms with E-state index in [9.17, 15) is 0 Å². The van der Waals surface area contributed by atoms with Crippen LogP contribution in [0.25, 0.3) is 78.1 Å². The molecule has 0 N–H and O–H groups in total. The van der Waals surface area contributed by atoms with Crippen LogP contribution in [0.5, 0.6) is 0 Å². The number of aromatic nitrogens is 2. The lowest BCUT2D eigenvalue weighted by atomic mass is 9.99. The highest BCUT2D eigenvalue weighted by molar-refractivity contribution is 6.09. The highest BCUT2D eigenvalue weighted by Crippen LogP contribution is 2.36. The topological polar surface area (TPSA) is 38.9 Å². The number of para-hydroxylation sites is 2. The summed E-state index contributed by atoms with van der Waals surface area (Å²) in [6, 6.07) is 54.4. The zero-order valence-corrected chi connectivity index (χ0v) is 23.3. The van der Waals surface area contributed by atoms with Crippen molar-refractivity contribution in [2.24, 2.45) is 0 Å². The van der Waals surface area contributed by atoms with Crippen LogP contribution >= 0.6 is 0 Å². The van der Waals surface area contributed by atoms with Gasteiger partial charge >= 0.3 is 0 Å². The Morgan fingerprint density at radius 3 is 1.56 bits per heavy atom. The molecule has 2 heterocycles. The molecule has 3 nitrogen and oxygen atoms in total. The largest absolute Gasteiger partial charge is 0.455 e. The average Bonchev–Trinajstić information content (AvgIpc) is 3.48. The van der Waals surface area contributed by atoms with E-state index in [4.69, 9.17) is 14.4 Å². The van der Waals surface area contributed by atoms with Crippen molar-refractivity contribution >= 4 is 21.9 Å². The molecule has 0 saturated carbocycles. The molecule has 0 aliphatic rings. The molecule has 0 atom stereocenters. The summed E-state index contributed by atoms with van der Waals surface area (Å²) in [7, 11) is 0. The number of fused-ring (bicyclic) bond motifs is 3. The molecule has 0 aliphatic heterocycles. The van der Waals surface area contributed by atoms with Crippen molar-refractivity contribution in [3.63, 3.8) is 0 Å². The maximum Gasteiger partial charge on any atom is 0.160 e. The van der Waals surface area contributed by atoms with Crippen molar-refractivity contribution in [2.75, 3.05) is 0 Å². The predicted molar refractivity (Wildman–Crippen MR) is 176 cm³/mol. The highest BCUT2D eigenvalue weighted by Gasteiger charge is 2.14. The van der Waals surface area contributed by atoms with Crippen molar-refractivity contribution in [1.82, 2.24) is 9.97 Å². The molecule has 0 bridgehead atoms. The molecular formula is C40H26N2O. The Morgan fingerprint density at radius 1 is 0.372 bits per heavy atom. The molecule has 0 unspecified atom stereocenters. The van der Waals surface area contributed by atoms with Gasteiger partial charge in [0, 0.05) is 33.0 Å². The van der Waals surface area contributed by atoms with Crippen molar-refractivity contribution < 1.29 is 4.42 Å². The van der Waals surface area contributed by atoms with Crippen LogP contribution < -0.4 is 0 Å². The number of hydrogen-bond donors (Lipinski definition) is 0. The first-order valence-electron chi connectivity index (χ1n) is 14.4. The Hall–Kier alpha value is -5.80. The molecule has 2 aromatic heterocycles. The Morgan fingerprint density at radius 2 is 0.884 bits per heavy atom. The SMILES string of the molecule is c1ccc(-c2ccc(-c3cc(-c4ccc(-c5cccc6c5oc5ccccc56)cc4)nc(-c4ccccc4)n3)cc2)cc1. The molecule has 0 amide bonds. The average molecular weight is 551 g/mol. The Bertz CT molecular complexity index is 2200. The molecule has 0 spiro atoms. The molecule has 8 rings (SSSR count).